The van der Waals surface area contributed by atoms with Gasteiger partial charge >= 0.3 is 6.09 Å². The van der Waals surface area contributed by atoms with Crippen LogP contribution in [0.4, 0.5) is 15.0 Å². The van der Waals surface area contributed by atoms with Crippen molar-refractivity contribution in [2.24, 2.45) is 0 Å². The number of anilines is 1. The molecule has 156 valence electrons. The van der Waals surface area contributed by atoms with E-state index in [0.29, 0.717) is 11.4 Å². The van der Waals surface area contributed by atoms with Crippen LogP contribution in [0, 0.1) is 12.7 Å². The van der Waals surface area contributed by atoms with Crippen LogP contribution in [0.25, 0.3) is 5.65 Å². The van der Waals surface area contributed by atoms with Crippen LogP contribution in [0.5, 0.6) is 5.75 Å². The van der Waals surface area contributed by atoms with Crippen LogP contribution in [0.2, 0.25) is 0 Å². The maximum absolute atomic E-state index is 13.8. The van der Waals surface area contributed by atoms with Crippen molar-refractivity contribution in [3.8, 4) is 5.75 Å². The van der Waals surface area contributed by atoms with Crippen LogP contribution in [-0.4, -0.2) is 38.3 Å². The molecule has 3 aromatic heterocycles. The number of rotatable bonds is 4. The highest BCUT2D eigenvalue weighted by atomic mass is 19.1. The van der Waals surface area contributed by atoms with Crippen molar-refractivity contribution in [3.63, 3.8) is 0 Å². The number of pyridine rings is 1. The number of aromatic nitrogens is 4. The lowest BCUT2D eigenvalue weighted by atomic mass is 9.93. The standard InChI is InChI=1S/C21H23FN6O2/c1-13-16(10-14(22)11-23-13)17-6-3-8-27(17)19-7-9-28-20(26-19)18(12-24-28)30-21(29)25-15-4-2-5-15/h7,9-12,15,17H,2-6,8H2,1H3,(H,25,29)/t17-/m1/s1. The maximum atomic E-state index is 13.8. The lowest BCUT2D eigenvalue weighted by Gasteiger charge is -2.27. The Bertz CT molecular complexity index is 1100. The third kappa shape index (κ3) is 3.44. The number of hydrogen-bond donors (Lipinski definition) is 1. The summed E-state index contributed by atoms with van der Waals surface area (Å²) in [7, 11) is 0. The molecule has 8 nitrogen and oxygen atoms in total. The number of carbonyl (C=O) groups is 1. The molecule has 0 bridgehead atoms. The highest BCUT2D eigenvalue weighted by molar-refractivity contribution is 5.73. The second-order valence-corrected chi connectivity index (χ2v) is 7.90. The van der Waals surface area contributed by atoms with E-state index in [1.165, 1.54) is 12.4 Å². The van der Waals surface area contributed by atoms with Gasteiger partial charge in [-0.2, -0.15) is 5.10 Å². The topological polar surface area (TPSA) is 84.7 Å². The summed E-state index contributed by atoms with van der Waals surface area (Å²) in [6.45, 7) is 2.70. The van der Waals surface area contributed by atoms with E-state index < -0.39 is 6.09 Å². The first kappa shape index (κ1) is 18.8. The molecule has 0 aromatic carbocycles. The van der Waals surface area contributed by atoms with E-state index in [2.05, 4.69) is 20.3 Å². The minimum Gasteiger partial charge on any atom is -0.405 e. The zero-order valence-electron chi connectivity index (χ0n) is 16.7. The summed E-state index contributed by atoms with van der Waals surface area (Å²) in [5.74, 6) is 0.709. The van der Waals surface area contributed by atoms with Gasteiger partial charge in [-0.05, 0) is 56.7 Å². The Kier molecular flexibility index (Phi) is 4.72. The highest BCUT2D eigenvalue weighted by Gasteiger charge is 2.29. The van der Waals surface area contributed by atoms with Crippen molar-refractivity contribution >= 4 is 17.6 Å². The fraction of sp³-hybridized carbons (Fsp3) is 0.429. The Balaban J connectivity index is 1.42. The first-order valence-electron chi connectivity index (χ1n) is 10.3. The van der Waals surface area contributed by atoms with Crippen LogP contribution >= 0.6 is 0 Å². The summed E-state index contributed by atoms with van der Waals surface area (Å²) in [6.07, 6.45) is 9.01. The predicted octanol–water partition coefficient (Wildman–Crippen LogP) is 3.55. The van der Waals surface area contributed by atoms with Crippen molar-refractivity contribution in [1.82, 2.24) is 24.9 Å². The maximum Gasteiger partial charge on any atom is 0.413 e. The minimum atomic E-state index is -0.484. The van der Waals surface area contributed by atoms with Crippen LogP contribution in [0.15, 0.2) is 30.7 Å². The van der Waals surface area contributed by atoms with E-state index in [-0.39, 0.29) is 17.9 Å². The van der Waals surface area contributed by atoms with Crippen LogP contribution in [0.1, 0.15) is 49.4 Å². The van der Waals surface area contributed by atoms with Gasteiger partial charge in [-0.3, -0.25) is 4.98 Å². The fourth-order valence-electron chi connectivity index (χ4n) is 4.14. The average molecular weight is 410 g/mol. The van der Waals surface area contributed by atoms with Gasteiger partial charge in [0, 0.05) is 24.5 Å². The predicted molar refractivity (Wildman–Crippen MR) is 108 cm³/mol. The fourth-order valence-corrected chi connectivity index (χ4v) is 4.14. The van der Waals surface area contributed by atoms with E-state index in [9.17, 15) is 9.18 Å². The van der Waals surface area contributed by atoms with Gasteiger partial charge in [0.05, 0.1) is 18.4 Å². The quantitative estimate of drug-likeness (QED) is 0.708. The SMILES string of the molecule is Cc1ncc(F)cc1[C@H]1CCCN1c1ccn2ncc(OC(=O)NC3CCC3)c2n1. The Morgan fingerprint density at radius 3 is 2.93 bits per heavy atom. The van der Waals surface area contributed by atoms with Crippen molar-refractivity contribution in [3.05, 3.63) is 47.8 Å². The third-order valence-corrected chi connectivity index (χ3v) is 5.95. The number of halogens is 1. The van der Waals surface area contributed by atoms with Gasteiger partial charge in [0.15, 0.2) is 5.75 Å². The average Bonchev–Trinajstić information content (AvgIpc) is 3.34. The summed E-state index contributed by atoms with van der Waals surface area (Å²) >= 11 is 0. The molecule has 1 N–H and O–H groups in total. The van der Waals surface area contributed by atoms with Crippen molar-refractivity contribution in [1.29, 1.82) is 0 Å². The highest BCUT2D eigenvalue weighted by Crippen LogP contribution is 2.37. The number of nitrogens with one attached hydrogen (secondary N) is 1. The van der Waals surface area contributed by atoms with Gasteiger partial charge in [0.2, 0.25) is 5.65 Å². The lowest BCUT2D eigenvalue weighted by Crippen LogP contribution is -2.41. The summed E-state index contributed by atoms with van der Waals surface area (Å²) < 4.78 is 20.9. The molecular weight excluding hydrogens is 387 g/mol. The summed E-state index contributed by atoms with van der Waals surface area (Å²) in [4.78, 5) is 23.2. The molecule has 3 aromatic rings. The van der Waals surface area contributed by atoms with Gasteiger partial charge in [-0.1, -0.05) is 0 Å². The van der Waals surface area contributed by atoms with Crippen LogP contribution in [-0.2, 0) is 0 Å². The number of amides is 1. The Labute approximate surface area is 173 Å². The molecule has 9 heteroatoms. The molecule has 30 heavy (non-hydrogen) atoms. The van der Waals surface area contributed by atoms with E-state index in [1.54, 1.807) is 16.8 Å². The van der Waals surface area contributed by atoms with E-state index in [1.807, 2.05) is 13.0 Å². The molecule has 1 aliphatic heterocycles. The third-order valence-electron chi connectivity index (χ3n) is 5.95. The van der Waals surface area contributed by atoms with E-state index in [4.69, 9.17) is 9.72 Å². The summed E-state index contributed by atoms with van der Waals surface area (Å²) in [6, 6.07) is 3.62. The number of aryl methyl sites for hydroxylation is 1. The Morgan fingerprint density at radius 1 is 1.27 bits per heavy atom. The molecule has 4 heterocycles. The van der Waals surface area contributed by atoms with Gasteiger partial charge in [-0.25, -0.2) is 18.7 Å². The first-order chi connectivity index (χ1) is 14.6. The van der Waals surface area contributed by atoms with Crippen molar-refractivity contribution < 1.29 is 13.9 Å². The molecule has 2 aliphatic rings. The van der Waals surface area contributed by atoms with Gasteiger partial charge in [-0.15, -0.1) is 0 Å². The van der Waals surface area contributed by atoms with Gasteiger partial charge in [0.1, 0.15) is 11.6 Å². The molecule has 0 unspecified atom stereocenters. The number of hydrogen-bond acceptors (Lipinski definition) is 6. The summed E-state index contributed by atoms with van der Waals surface area (Å²) in [5.41, 5.74) is 2.16. The molecule has 5 rings (SSSR count). The molecule has 1 amide bonds. The lowest BCUT2D eigenvalue weighted by molar-refractivity contribution is 0.188. The molecule has 1 atom stereocenters. The van der Waals surface area contributed by atoms with Crippen LogP contribution in [0.3, 0.4) is 0 Å². The molecule has 1 saturated heterocycles. The first-order valence-corrected chi connectivity index (χ1v) is 10.3. The normalized spacial score (nSPS) is 19.1. The summed E-state index contributed by atoms with van der Waals surface area (Å²) in [5, 5.41) is 7.08. The van der Waals surface area contributed by atoms with Gasteiger partial charge < -0.3 is 15.0 Å². The Hall–Kier alpha value is -3.23. The number of nitrogens with zero attached hydrogens (tertiary/aromatic N) is 5. The van der Waals surface area contributed by atoms with Gasteiger partial charge in [0.25, 0.3) is 0 Å². The van der Waals surface area contributed by atoms with Crippen molar-refractivity contribution in [2.45, 2.75) is 51.1 Å². The number of carbonyl (C=O) groups excluding carboxylic acids is 1. The smallest absolute Gasteiger partial charge is 0.405 e. The second-order valence-electron chi connectivity index (χ2n) is 7.90. The Morgan fingerprint density at radius 2 is 2.13 bits per heavy atom. The molecule has 1 aliphatic carbocycles. The zero-order chi connectivity index (χ0) is 20.7. The molecule has 0 spiro atoms. The number of fused-ring (bicyclic) bond motifs is 1. The largest absolute Gasteiger partial charge is 0.413 e. The molecule has 0 radical (unpaired) electrons. The van der Waals surface area contributed by atoms with E-state index >= 15 is 0 Å². The number of ether oxygens (including phenoxy) is 1. The molecular formula is C21H23FN6O2. The monoisotopic (exact) mass is 410 g/mol. The second kappa shape index (κ2) is 7.55. The van der Waals surface area contributed by atoms with Crippen molar-refractivity contribution in [2.75, 3.05) is 11.4 Å². The van der Waals surface area contributed by atoms with Crippen LogP contribution < -0.4 is 15.0 Å². The zero-order valence-corrected chi connectivity index (χ0v) is 16.7. The molecule has 2 fully saturated rings. The minimum absolute atomic E-state index is 0.00245. The molecule has 1 saturated carbocycles. The van der Waals surface area contributed by atoms with E-state index in [0.717, 1.165) is 55.7 Å².